The van der Waals surface area contributed by atoms with Crippen LogP contribution in [0.2, 0.25) is 0 Å². The van der Waals surface area contributed by atoms with Crippen LogP contribution in [0.15, 0.2) is 0 Å². The molecule has 0 aliphatic heterocycles. The first kappa shape index (κ1) is 9.00. The fourth-order valence-electron chi connectivity index (χ4n) is 4.96. The van der Waals surface area contributed by atoms with Gasteiger partial charge < -0.3 is 0 Å². The Hall–Kier alpha value is 0. The van der Waals surface area contributed by atoms with Crippen molar-refractivity contribution in [3.63, 3.8) is 0 Å². The van der Waals surface area contributed by atoms with Gasteiger partial charge in [-0.3, -0.25) is 0 Å². The summed E-state index contributed by atoms with van der Waals surface area (Å²) in [5.41, 5.74) is 0.141. The molecule has 92 valence electrons. The number of rotatable bonds is 2. The first-order chi connectivity index (χ1) is 8.19. The molecule has 0 radical (unpaired) electrons. The van der Waals surface area contributed by atoms with Crippen molar-refractivity contribution >= 4 is 0 Å². The van der Waals surface area contributed by atoms with E-state index in [1.807, 2.05) is 0 Å². The summed E-state index contributed by atoms with van der Waals surface area (Å²) >= 11 is 0. The zero-order valence-corrected chi connectivity index (χ0v) is 11.2. The largest absolute Gasteiger partial charge is 0.0602 e. The van der Waals surface area contributed by atoms with Gasteiger partial charge in [-0.15, -0.1) is 0 Å². The van der Waals surface area contributed by atoms with Crippen molar-refractivity contribution in [2.45, 2.75) is 72.1 Å². The summed E-state index contributed by atoms with van der Waals surface area (Å²) in [6.45, 7) is 6.19. The summed E-state index contributed by atoms with van der Waals surface area (Å²) in [6.07, 6.45) is 8.15. The Kier molecular flexibility index (Phi) is 1.97. The van der Waals surface area contributed by atoms with Gasteiger partial charge in [0.1, 0.15) is 0 Å². The molecule has 0 unspecified atom stereocenters. The monoisotopic (exact) mass is 222 g/mol. The van der Waals surface area contributed by atoms with Crippen LogP contribution >= 0.6 is 0 Å². The second-order valence-electron chi connectivity index (χ2n) is 8.02. The van der Waals surface area contributed by atoms with Crippen molar-refractivity contribution in [3.05, 3.63) is 0 Å². The summed E-state index contributed by atoms with van der Waals surface area (Å²) in [5, 5.41) is 0. The van der Waals surface area contributed by atoms with Crippen LogP contribution in [0.5, 0.6) is 0 Å². The molecule has 0 aromatic carbocycles. The zero-order chi connectivity index (χ0) is 13.2. The van der Waals surface area contributed by atoms with Gasteiger partial charge in [0.2, 0.25) is 0 Å². The van der Waals surface area contributed by atoms with E-state index in [-0.39, 0.29) is 5.41 Å². The molecule has 0 spiro atoms. The Morgan fingerprint density at radius 1 is 1.00 bits per heavy atom. The minimum absolute atomic E-state index is 0.226. The van der Waals surface area contributed by atoms with Crippen LogP contribution in [-0.4, -0.2) is 0 Å². The van der Waals surface area contributed by atoms with E-state index < -0.39 is 6.37 Å². The topological polar surface area (TPSA) is 0 Å². The Morgan fingerprint density at radius 2 is 1.44 bits per heavy atom. The van der Waals surface area contributed by atoms with Crippen LogP contribution in [-0.2, 0) is 0 Å². The van der Waals surface area contributed by atoms with E-state index in [0.717, 1.165) is 24.2 Å². The first-order valence-electron chi connectivity index (χ1n) is 8.19. The van der Waals surface area contributed by atoms with Gasteiger partial charge in [0, 0.05) is 2.74 Å². The van der Waals surface area contributed by atoms with E-state index in [1.165, 1.54) is 38.5 Å². The normalized spacial score (nSPS) is 49.1. The lowest BCUT2D eigenvalue weighted by Crippen LogP contribution is -2.46. The van der Waals surface area contributed by atoms with Gasteiger partial charge in [-0.1, -0.05) is 20.8 Å². The zero-order valence-electron chi connectivity index (χ0n) is 13.2. The highest BCUT2D eigenvalue weighted by Crippen LogP contribution is 2.62. The van der Waals surface area contributed by atoms with E-state index in [9.17, 15) is 0 Å². The molecule has 0 aromatic rings. The SMILES string of the molecule is [2H]C([2H])(CC12CC3CC(CC(C3)C1)C2)C(C)(C)C. The molecule has 16 heavy (non-hydrogen) atoms. The number of hydrogen-bond acceptors (Lipinski definition) is 0. The lowest BCUT2D eigenvalue weighted by atomic mass is 9.48. The van der Waals surface area contributed by atoms with E-state index in [2.05, 4.69) is 20.8 Å². The summed E-state index contributed by atoms with van der Waals surface area (Å²) in [6, 6.07) is 0. The average Bonchev–Trinajstić information content (AvgIpc) is 2.10. The minimum atomic E-state index is -1.02. The highest BCUT2D eigenvalue weighted by Gasteiger charge is 2.50. The summed E-state index contributed by atoms with van der Waals surface area (Å²) < 4.78 is 17.0. The number of hydrogen-bond donors (Lipinski definition) is 0. The van der Waals surface area contributed by atoms with E-state index in [4.69, 9.17) is 2.74 Å². The van der Waals surface area contributed by atoms with Crippen molar-refractivity contribution in [2.75, 3.05) is 0 Å². The van der Waals surface area contributed by atoms with Gasteiger partial charge in [-0.25, -0.2) is 0 Å². The maximum atomic E-state index is 8.48. The third-order valence-electron chi connectivity index (χ3n) is 5.16. The van der Waals surface area contributed by atoms with Crippen LogP contribution < -0.4 is 0 Å². The predicted octanol–water partition coefficient (Wildman–Crippen LogP) is 5.03. The fraction of sp³-hybridized carbons (Fsp3) is 1.00. The quantitative estimate of drug-likeness (QED) is 0.615. The van der Waals surface area contributed by atoms with Crippen LogP contribution in [0.4, 0.5) is 0 Å². The van der Waals surface area contributed by atoms with Crippen molar-refractivity contribution in [1.29, 1.82) is 0 Å². The lowest BCUT2D eigenvalue weighted by molar-refractivity contribution is -0.0617. The third kappa shape index (κ3) is 2.05. The molecule has 4 bridgehead atoms. The Labute approximate surface area is 104 Å². The summed E-state index contributed by atoms with van der Waals surface area (Å²) in [4.78, 5) is 0. The van der Waals surface area contributed by atoms with Gasteiger partial charge in [-0.05, 0) is 79.9 Å². The smallest absolute Gasteiger partial charge is 0.0272 e. The molecule has 0 aromatic heterocycles. The molecule has 4 aliphatic rings. The molecule has 0 heteroatoms. The van der Waals surface area contributed by atoms with Gasteiger partial charge in [-0.2, -0.15) is 0 Å². The van der Waals surface area contributed by atoms with Gasteiger partial charge >= 0.3 is 0 Å². The van der Waals surface area contributed by atoms with Gasteiger partial charge in [0.25, 0.3) is 0 Å². The van der Waals surface area contributed by atoms with Crippen LogP contribution in [0.1, 0.15) is 74.8 Å². The molecular weight excluding hydrogens is 192 g/mol. The summed E-state index contributed by atoms with van der Waals surface area (Å²) in [7, 11) is 0. The second-order valence-corrected chi connectivity index (χ2v) is 8.02. The molecule has 4 rings (SSSR count). The van der Waals surface area contributed by atoms with E-state index in [1.54, 1.807) is 0 Å². The third-order valence-corrected chi connectivity index (χ3v) is 5.16. The predicted molar refractivity (Wildman–Crippen MR) is 69.3 cm³/mol. The van der Waals surface area contributed by atoms with Crippen molar-refractivity contribution in [3.8, 4) is 0 Å². The molecule has 0 nitrogen and oxygen atoms in total. The highest BCUT2D eigenvalue weighted by molar-refractivity contribution is 5.01. The van der Waals surface area contributed by atoms with Gasteiger partial charge in [0.15, 0.2) is 0 Å². The van der Waals surface area contributed by atoms with Crippen molar-refractivity contribution < 1.29 is 2.74 Å². The molecule has 0 atom stereocenters. The highest BCUT2D eigenvalue weighted by atomic mass is 14.6. The van der Waals surface area contributed by atoms with E-state index >= 15 is 0 Å². The standard InChI is InChI=1S/C16H28/c1-15(2,3)4-5-16-9-12-6-13(10-16)8-14(7-12)11-16/h12-14H,4-11H2,1-3H3/i4D2. The Balaban J connectivity index is 1.80. The van der Waals surface area contributed by atoms with E-state index in [0.29, 0.717) is 5.41 Å². The molecule has 0 amide bonds. The second kappa shape index (κ2) is 3.50. The van der Waals surface area contributed by atoms with Crippen LogP contribution in [0, 0.1) is 28.6 Å². The Bertz CT molecular complexity index is 302. The van der Waals surface area contributed by atoms with Crippen LogP contribution in [0.25, 0.3) is 0 Å². The molecular formula is C16H28. The molecule has 0 heterocycles. The molecule has 4 saturated carbocycles. The van der Waals surface area contributed by atoms with Crippen molar-refractivity contribution in [2.24, 2.45) is 28.6 Å². The molecule has 0 N–H and O–H groups in total. The van der Waals surface area contributed by atoms with Gasteiger partial charge in [0.05, 0.1) is 0 Å². The van der Waals surface area contributed by atoms with Crippen LogP contribution in [0.3, 0.4) is 0 Å². The Morgan fingerprint density at radius 3 is 1.81 bits per heavy atom. The average molecular weight is 222 g/mol. The fourth-order valence-corrected chi connectivity index (χ4v) is 4.96. The molecule has 0 saturated heterocycles. The van der Waals surface area contributed by atoms with Crippen molar-refractivity contribution in [1.82, 2.24) is 0 Å². The minimum Gasteiger partial charge on any atom is -0.0602 e. The first-order valence-corrected chi connectivity index (χ1v) is 7.19. The molecule has 4 fully saturated rings. The molecule has 4 aliphatic carbocycles. The summed E-state index contributed by atoms with van der Waals surface area (Å²) in [5.74, 6) is 2.81. The maximum Gasteiger partial charge on any atom is 0.0272 e. The lowest BCUT2D eigenvalue weighted by Gasteiger charge is -2.57. The maximum absolute atomic E-state index is 8.48.